The summed E-state index contributed by atoms with van der Waals surface area (Å²) in [4.78, 5) is 28.2. The van der Waals surface area contributed by atoms with Gasteiger partial charge in [-0.2, -0.15) is 0 Å². The Hall–Kier alpha value is -1.41. The van der Waals surface area contributed by atoms with Crippen LogP contribution in [0.15, 0.2) is 23.1 Å². The van der Waals surface area contributed by atoms with Crippen LogP contribution in [0.3, 0.4) is 0 Å². The van der Waals surface area contributed by atoms with E-state index in [9.17, 15) is 19.1 Å². The van der Waals surface area contributed by atoms with E-state index in [1.54, 1.807) is 6.07 Å². The van der Waals surface area contributed by atoms with E-state index in [-0.39, 0.29) is 46.5 Å². The molecule has 6 nitrogen and oxygen atoms in total. The van der Waals surface area contributed by atoms with Crippen molar-refractivity contribution in [2.75, 3.05) is 37.6 Å². The predicted molar refractivity (Wildman–Crippen MR) is 103 cm³/mol. The molecule has 0 bridgehead atoms. The van der Waals surface area contributed by atoms with Crippen LogP contribution in [0.1, 0.15) is 36.2 Å². The predicted octanol–water partition coefficient (Wildman–Crippen LogP) is 1.93. The fraction of sp³-hybridized carbons (Fsp3) is 0.474. The molecule has 1 N–H and O–H groups in total. The van der Waals surface area contributed by atoms with Crippen molar-refractivity contribution in [1.29, 1.82) is 0 Å². The second-order valence-corrected chi connectivity index (χ2v) is 7.06. The number of hydrogen-bond donors (Lipinski definition) is 1. The molecule has 0 unspecified atom stereocenters. The van der Waals surface area contributed by atoms with Crippen molar-refractivity contribution in [3.05, 3.63) is 39.9 Å². The second kappa shape index (κ2) is 7.91. The first-order chi connectivity index (χ1) is 12.5. The van der Waals surface area contributed by atoms with Crippen molar-refractivity contribution in [1.82, 2.24) is 9.47 Å². The van der Waals surface area contributed by atoms with Crippen LogP contribution in [0.4, 0.5) is 10.1 Å². The molecule has 8 heteroatoms. The molecule has 4 rings (SSSR count). The minimum absolute atomic E-state index is 0. The number of anilines is 1. The number of nitrogens with zero attached hydrogens (tertiary/aromatic N) is 3. The first-order valence-corrected chi connectivity index (χ1v) is 9.08. The maximum Gasteiger partial charge on any atom is 0.341 e. The molecular formula is C19H22FN3NaO3. The monoisotopic (exact) mass is 382 g/mol. The molecule has 1 radical (unpaired) electrons. The molecule has 27 heavy (non-hydrogen) atoms. The average molecular weight is 382 g/mol. The van der Waals surface area contributed by atoms with E-state index < -0.39 is 17.2 Å². The van der Waals surface area contributed by atoms with Gasteiger partial charge in [0.2, 0.25) is 5.43 Å². The van der Waals surface area contributed by atoms with Crippen molar-refractivity contribution in [2.24, 2.45) is 0 Å². The Kier molecular flexibility index (Phi) is 5.96. The van der Waals surface area contributed by atoms with Crippen LogP contribution in [0.2, 0.25) is 0 Å². The summed E-state index contributed by atoms with van der Waals surface area (Å²) in [5, 5.41) is 9.45. The Morgan fingerprint density at radius 3 is 2.44 bits per heavy atom. The summed E-state index contributed by atoms with van der Waals surface area (Å²) >= 11 is 0. The maximum atomic E-state index is 14.8. The molecule has 139 valence electrons. The first kappa shape index (κ1) is 20.3. The van der Waals surface area contributed by atoms with Crippen molar-refractivity contribution in [2.45, 2.75) is 25.8 Å². The number of likely N-dealkylation sites (N-methyl/N-ethyl adjacent to an activating group) is 1. The fourth-order valence-electron chi connectivity index (χ4n) is 3.71. The van der Waals surface area contributed by atoms with E-state index >= 15 is 0 Å². The number of halogens is 1. The molecule has 0 amide bonds. The summed E-state index contributed by atoms with van der Waals surface area (Å²) in [6, 6.07) is 3.12. The number of carboxylic acids is 1. The standard InChI is InChI=1S/C19H22FN3O3.Na/c1-2-21-5-7-22(8-6-21)17-10-16-13(9-15(17)20)18(24)14(19(25)26)11-23(16)12-3-4-12;/h9-12H,2-8H2,1H3,(H,25,26);. The zero-order valence-corrected chi connectivity index (χ0v) is 17.7. The van der Waals surface area contributed by atoms with Crippen LogP contribution < -0.4 is 10.3 Å². The number of piperazine rings is 1. The number of fused-ring (bicyclic) bond motifs is 1. The van der Waals surface area contributed by atoms with Crippen LogP contribution >= 0.6 is 0 Å². The van der Waals surface area contributed by atoms with Gasteiger partial charge >= 0.3 is 5.97 Å². The third kappa shape index (κ3) is 3.78. The quantitative estimate of drug-likeness (QED) is 0.819. The summed E-state index contributed by atoms with van der Waals surface area (Å²) in [6.07, 6.45) is 3.30. The number of aromatic carboxylic acids is 1. The van der Waals surface area contributed by atoms with E-state index in [0.717, 1.165) is 45.6 Å². The SMILES string of the molecule is CCN1CCN(c2cc3c(cc2F)c(=O)c(C(=O)O)cn3C2CC2)CC1.[Na]. The number of pyridine rings is 1. The molecule has 2 fully saturated rings. The minimum atomic E-state index is -1.27. The molecular weight excluding hydrogens is 360 g/mol. The molecule has 1 saturated heterocycles. The summed E-state index contributed by atoms with van der Waals surface area (Å²) in [6.45, 7) is 6.31. The van der Waals surface area contributed by atoms with Crippen molar-refractivity contribution < 1.29 is 14.3 Å². The molecule has 1 saturated carbocycles. The molecule has 2 aliphatic rings. The van der Waals surface area contributed by atoms with Crippen LogP contribution in [-0.2, 0) is 0 Å². The topological polar surface area (TPSA) is 65.8 Å². The van der Waals surface area contributed by atoms with Gasteiger partial charge in [0, 0.05) is 73.4 Å². The summed E-state index contributed by atoms with van der Waals surface area (Å²) < 4.78 is 16.6. The van der Waals surface area contributed by atoms with Gasteiger partial charge in [-0.1, -0.05) is 6.92 Å². The fourth-order valence-corrected chi connectivity index (χ4v) is 3.71. The van der Waals surface area contributed by atoms with Gasteiger partial charge in [0.25, 0.3) is 0 Å². The van der Waals surface area contributed by atoms with Gasteiger partial charge in [-0.3, -0.25) is 4.79 Å². The normalized spacial score (nSPS) is 17.8. The van der Waals surface area contributed by atoms with Crippen LogP contribution in [0.5, 0.6) is 0 Å². The van der Waals surface area contributed by atoms with Crippen LogP contribution in [0.25, 0.3) is 10.9 Å². The number of rotatable bonds is 4. The van der Waals surface area contributed by atoms with Gasteiger partial charge < -0.3 is 19.5 Å². The third-order valence-corrected chi connectivity index (χ3v) is 5.43. The molecule has 0 atom stereocenters. The van der Waals surface area contributed by atoms with E-state index in [2.05, 4.69) is 11.8 Å². The van der Waals surface area contributed by atoms with Gasteiger partial charge in [-0.05, 0) is 31.5 Å². The summed E-state index contributed by atoms with van der Waals surface area (Å²) in [5.74, 6) is -1.74. The van der Waals surface area contributed by atoms with E-state index in [0.29, 0.717) is 11.2 Å². The average Bonchev–Trinajstić information content (AvgIpc) is 3.47. The van der Waals surface area contributed by atoms with Crippen molar-refractivity contribution in [3.63, 3.8) is 0 Å². The smallest absolute Gasteiger partial charge is 0.341 e. The van der Waals surface area contributed by atoms with Crippen LogP contribution in [-0.4, -0.2) is 82.8 Å². The molecule has 2 aromatic rings. The van der Waals surface area contributed by atoms with Gasteiger partial charge in [-0.15, -0.1) is 0 Å². The second-order valence-electron chi connectivity index (χ2n) is 7.06. The Balaban J connectivity index is 0.00000210. The zero-order valence-electron chi connectivity index (χ0n) is 15.7. The molecule has 1 aliphatic heterocycles. The number of hydrogen-bond acceptors (Lipinski definition) is 4. The van der Waals surface area contributed by atoms with Crippen molar-refractivity contribution >= 4 is 52.1 Å². The zero-order chi connectivity index (χ0) is 18.4. The molecule has 2 heterocycles. The molecule has 1 aliphatic carbocycles. The molecule has 0 spiro atoms. The molecule has 1 aromatic carbocycles. The van der Waals surface area contributed by atoms with Gasteiger partial charge in [-0.25, -0.2) is 9.18 Å². The Bertz CT molecular complexity index is 934. The maximum absolute atomic E-state index is 14.8. The summed E-state index contributed by atoms with van der Waals surface area (Å²) in [5.41, 5.74) is 0.195. The number of benzene rings is 1. The van der Waals surface area contributed by atoms with Gasteiger partial charge in [0.15, 0.2) is 0 Å². The number of carboxylic acid groups (broad SMARTS) is 1. The van der Waals surface area contributed by atoms with E-state index in [4.69, 9.17) is 0 Å². The summed E-state index contributed by atoms with van der Waals surface area (Å²) in [7, 11) is 0. The number of carbonyl (C=O) groups is 1. The first-order valence-electron chi connectivity index (χ1n) is 9.08. The third-order valence-electron chi connectivity index (χ3n) is 5.43. The van der Waals surface area contributed by atoms with Gasteiger partial charge in [0.1, 0.15) is 11.4 Å². The Morgan fingerprint density at radius 1 is 1.22 bits per heavy atom. The van der Waals surface area contributed by atoms with E-state index in [1.165, 1.54) is 12.3 Å². The van der Waals surface area contributed by atoms with Crippen molar-refractivity contribution in [3.8, 4) is 0 Å². The van der Waals surface area contributed by atoms with Gasteiger partial charge in [0.05, 0.1) is 11.2 Å². The Labute approximate surface area is 178 Å². The minimum Gasteiger partial charge on any atom is -0.477 e. The number of aromatic nitrogens is 1. The Morgan fingerprint density at radius 2 is 1.89 bits per heavy atom. The largest absolute Gasteiger partial charge is 0.477 e. The van der Waals surface area contributed by atoms with E-state index in [1.807, 2.05) is 9.47 Å². The van der Waals surface area contributed by atoms with Crippen LogP contribution in [0, 0.1) is 5.82 Å². The molecule has 1 aromatic heterocycles.